The monoisotopic (exact) mass is 274 g/mol. The minimum atomic E-state index is -1.38. The summed E-state index contributed by atoms with van der Waals surface area (Å²) < 4.78 is 23.8. The number of rotatable bonds is 5. The minimum absolute atomic E-state index is 0.0127. The van der Waals surface area contributed by atoms with Crippen molar-refractivity contribution in [1.29, 1.82) is 0 Å². The van der Waals surface area contributed by atoms with Crippen LogP contribution in [0.3, 0.4) is 0 Å². The molecule has 0 heterocycles. The first kappa shape index (κ1) is 17.2. The molecule has 0 aromatic rings. The second kappa shape index (κ2) is 8.34. The summed E-state index contributed by atoms with van der Waals surface area (Å²) in [5.74, 6) is 3.94. The number of ether oxygens (including phenoxy) is 5. The first-order valence-corrected chi connectivity index (χ1v) is 5.38. The van der Waals surface area contributed by atoms with Crippen LogP contribution in [0, 0.1) is 11.8 Å². The van der Waals surface area contributed by atoms with Crippen LogP contribution in [0.15, 0.2) is 0 Å². The fourth-order valence-electron chi connectivity index (χ4n) is 0.980. The highest BCUT2D eigenvalue weighted by atomic mass is 16.7. The molecular formula is C12H18O7. The van der Waals surface area contributed by atoms with Gasteiger partial charge in [-0.3, -0.25) is 0 Å². The molecule has 0 aliphatic heterocycles. The molecule has 0 aliphatic rings. The zero-order valence-corrected chi connectivity index (χ0v) is 11.6. The van der Waals surface area contributed by atoms with Crippen molar-refractivity contribution >= 4 is 12.1 Å². The lowest BCUT2D eigenvalue weighted by molar-refractivity contribution is -0.134. The van der Waals surface area contributed by atoms with E-state index < -0.39 is 23.8 Å². The van der Waals surface area contributed by atoms with Crippen LogP contribution >= 0.6 is 0 Å². The summed E-state index contributed by atoms with van der Waals surface area (Å²) in [6, 6.07) is 0. The Morgan fingerprint density at radius 2 is 1.84 bits per heavy atom. The van der Waals surface area contributed by atoms with Crippen LogP contribution in [0.25, 0.3) is 0 Å². The average Bonchev–Trinajstić information content (AvgIpc) is 2.41. The largest absolute Gasteiger partial charge is 0.509 e. The Labute approximate surface area is 112 Å². The van der Waals surface area contributed by atoms with Gasteiger partial charge in [0, 0.05) is 13.0 Å². The third-order valence-electron chi connectivity index (χ3n) is 2.27. The van der Waals surface area contributed by atoms with E-state index >= 15 is 0 Å². The number of carbonyl (C=O) groups is 2. The zero-order chi connectivity index (χ0) is 14.9. The Morgan fingerprint density at radius 1 is 1.21 bits per heavy atom. The van der Waals surface area contributed by atoms with Gasteiger partial charge in [-0.05, 0) is 19.8 Å². The molecule has 2 atom stereocenters. The molecule has 0 aromatic heterocycles. The van der Waals surface area contributed by atoms with E-state index in [0.717, 1.165) is 7.11 Å². The van der Waals surface area contributed by atoms with Gasteiger partial charge in [-0.2, -0.15) is 0 Å². The molecule has 0 saturated carbocycles. The Hall–Kier alpha value is -1.78. The number of hydrogen-bond acceptors (Lipinski definition) is 7. The van der Waals surface area contributed by atoms with Gasteiger partial charge in [0.1, 0.15) is 12.9 Å². The van der Waals surface area contributed by atoms with E-state index in [9.17, 15) is 9.59 Å². The van der Waals surface area contributed by atoms with Crippen LogP contribution in [0.2, 0.25) is 0 Å². The topological polar surface area (TPSA) is 80.3 Å². The summed E-state index contributed by atoms with van der Waals surface area (Å²) in [6.07, 6.45) is -1.58. The van der Waals surface area contributed by atoms with Crippen molar-refractivity contribution in [2.45, 2.75) is 25.6 Å². The van der Waals surface area contributed by atoms with Gasteiger partial charge in [0.25, 0.3) is 0 Å². The Balaban J connectivity index is 5.03. The molecule has 0 saturated heterocycles. The summed E-state index contributed by atoms with van der Waals surface area (Å²) in [5, 5.41) is 0. The molecule has 0 fully saturated rings. The van der Waals surface area contributed by atoms with Gasteiger partial charge >= 0.3 is 12.1 Å². The molecule has 108 valence electrons. The standard InChI is InChI=1S/C12H18O7/c1-9(18-8-15-3)12(2,19-11(14)17-5)7-6-10(13)16-4/h9H,8H2,1-5H3. The van der Waals surface area contributed by atoms with Gasteiger partial charge in [0.15, 0.2) is 5.60 Å². The molecule has 2 unspecified atom stereocenters. The zero-order valence-electron chi connectivity index (χ0n) is 11.6. The highest BCUT2D eigenvalue weighted by molar-refractivity contribution is 5.88. The fourth-order valence-corrected chi connectivity index (χ4v) is 0.980. The second-order valence-electron chi connectivity index (χ2n) is 3.62. The lowest BCUT2D eigenvalue weighted by atomic mass is 10.0. The van der Waals surface area contributed by atoms with Crippen LogP contribution in [0.1, 0.15) is 13.8 Å². The van der Waals surface area contributed by atoms with Crippen LogP contribution in [0.4, 0.5) is 4.79 Å². The molecular weight excluding hydrogens is 256 g/mol. The molecule has 0 N–H and O–H groups in total. The summed E-state index contributed by atoms with van der Waals surface area (Å²) >= 11 is 0. The summed E-state index contributed by atoms with van der Waals surface area (Å²) in [7, 11) is 3.81. The van der Waals surface area contributed by atoms with Gasteiger partial charge < -0.3 is 23.7 Å². The Morgan fingerprint density at radius 3 is 2.32 bits per heavy atom. The molecule has 0 amide bonds. The number of methoxy groups -OCH3 is 3. The maximum absolute atomic E-state index is 11.2. The van der Waals surface area contributed by atoms with Crippen LogP contribution in [0.5, 0.6) is 0 Å². The maximum atomic E-state index is 11.2. The van der Waals surface area contributed by atoms with E-state index in [0.29, 0.717) is 0 Å². The molecule has 0 aromatic carbocycles. The maximum Gasteiger partial charge on any atom is 0.509 e. The van der Waals surface area contributed by atoms with E-state index in [4.69, 9.17) is 14.2 Å². The number of hydrogen-bond donors (Lipinski definition) is 0. The quantitative estimate of drug-likeness (QED) is 0.316. The van der Waals surface area contributed by atoms with Crippen molar-refractivity contribution in [2.75, 3.05) is 28.1 Å². The molecule has 0 rings (SSSR count). The Kier molecular flexibility index (Phi) is 7.56. The van der Waals surface area contributed by atoms with Crippen molar-refractivity contribution in [3.05, 3.63) is 0 Å². The predicted molar refractivity (Wildman–Crippen MR) is 64.1 cm³/mol. The summed E-state index contributed by atoms with van der Waals surface area (Å²) in [6.45, 7) is 3.09. The van der Waals surface area contributed by atoms with Crippen molar-refractivity contribution in [3.8, 4) is 11.8 Å². The summed E-state index contributed by atoms with van der Waals surface area (Å²) in [4.78, 5) is 22.2. The SMILES string of the molecule is COCOC(C)C(C)(C#CC(=O)OC)OC(=O)OC. The second-order valence-corrected chi connectivity index (χ2v) is 3.62. The van der Waals surface area contributed by atoms with Gasteiger partial charge in [-0.25, -0.2) is 9.59 Å². The average molecular weight is 274 g/mol. The highest BCUT2D eigenvalue weighted by Crippen LogP contribution is 2.19. The molecule has 7 heteroatoms. The van der Waals surface area contributed by atoms with E-state index in [1.54, 1.807) is 6.92 Å². The molecule has 0 aliphatic carbocycles. The van der Waals surface area contributed by atoms with Crippen LogP contribution in [-0.2, 0) is 28.5 Å². The van der Waals surface area contributed by atoms with Crippen molar-refractivity contribution in [1.82, 2.24) is 0 Å². The molecule has 19 heavy (non-hydrogen) atoms. The van der Waals surface area contributed by atoms with Gasteiger partial charge in [-0.1, -0.05) is 0 Å². The van der Waals surface area contributed by atoms with Gasteiger partial charge in [0.2, 0.25) is 0 Å². The molecule has 7 nitrogen and oxygen atoms in total. The lowest BCUT2D eigenvalue weighted by Crippen LogP contribution is -2.43. The van der Waals surface area contributed by atoms with Gasteiger partial charge in [0.05, 0.1) is 14.2 Å². The lowest BCUT2D eigenvalue weighted by Gasteiger charge is -2.29. The Bertz CT molecular complexity index is 368. The first-order chi connectivity index (χ1) is 8.89. The molecule has 0 bridgehead atoms. The predicted octanol–water partition coefficient (Wildman–Crippen LogP) is 0.714. The number of esters is 1. The van der Waals surface area contributed by atoms with E-state index in [-0.39, 0.29) is 6.79 Å². The minimum Gasteiger partial charge on any atom is -0.459 e. The van der Waals surface area contributed by atoms with E-state index in [1.807, 2.05) is 0 Å². The van der Waals surface area contributed by atoms with Crippen molar-refractivity contribution in [3.63, 3.8) is 0 Å². The molecule has 0 spiro atoms. The summed E-state index contributed by atoms with van der Waals surface area (Å²) in [5.41, 5.74) is -1.38. The van der Waals surface area contributed by atoms with Gasteiger partial charge in [-0.15, -0.1) is 0 Å². The fraction of sp³-hybridized carbons (Fsp3) is 0.667. The normalized spacial score (nSPS) is 14.4. The first-order valence-electron chi connectivity index (χ1n) is 5.38. The highest BCUT2D eigenvalue weighted by Gasteiger charge is 2.35. The molecule has 0 radical (unpaired) electrons. The smallest absolute Gasteiger partial charge is 0.459 e. The van der Waals surface area contributed by atoms with Crippen LogP contribution in [-0.4, -0.2) is 52.0 Å². The third kappa shape index (κ3) is 6.08. The van der Waals surface area contributed by atoms with E-state index in [2.05, 4.69) is 21.3 Å². The van der Waals surface area contributed by atoms with Crippen molar-refractivity contribution < 1.29 is 33.3 Å². The van der Waals surface area contributed by atoms with Crippen LogP contribution < -0.4 is 0 Å². The van der Waals surface area contributed by atoms with Crippen molar-refractivity contribution in [2.24, 2.45) is 0 Å². The third-order valence-corrected chi connectivity index (χ3v) is 2.27. The number of carbonyl (C=O) groups excluding carboxylic acids is 2. The van der Waals surface area contributed by atoms with E-state index in [1.165, 1.54) is 21.1 Å².